The predicted octanol–water partition coefficient (Wildman–Crippen LogP) is 17.7. The van der Waals surface area contributed by atoms with Gasteiger partial charge >= 0.3 is 0 Å². The number of rotatable bonds is 8. The van der Waals surface area contributed by atoms with Crippen molar-refractivity contribution in [2.45, 2.75) is 81.3 Å². The molecule has 9 aliphatic rings. The van der Waals surface area contributed by atoms with Crippen molar-refractivity contribution in [2.24, 2.45) is 15.9 Å². The van der Waals surface area contributed by atoms with Crippen molar-refractivity contribution in [3.8, 4) is 5.69 Å². The summed E-state index contributed by atoms with van der Waals surface area (Å²) in [4.78, 5) is 16.0. The number of hydrogen-bond acceptors (Lipinski definition) is 4. The van der Waals surface area contributed by atoms with Crippen LogP contribution in [0.1, 0.15) is 101 Å². The highest BCUT2D eigenvalue weighted by atomic mass is 15.2. The maximum atomic E-state index is 5.28. The van der Waals surface area contributed by atoms with E-state index in [9.17, 15) is 0 Å². The van der Waals surface area contributed by atoms with E-state index < -0.39 is 0 Å². The maximum absolute atomic E-state index is 5.28. The van der Waals surface area contributed by atoms with Crippen LogP contribution in [0.15, 0.2) is 252 Å². The molecule has 6 aliphatic carbocycles. The zero-order valence-electron chi connectivity index (χ0n) is 46.4. The third-order valence-electron chi connectivity index (χ3n) is 19.1. The first-order chi connectivity index (χ1) is 41.2. The number of aromatic nitrogens is 2. The summed E-state index contributed by atoms with van der Waals surface area (Å²) in [7, 11) is 0. The Balaban J connectivity index is 0.767. The van der Waals surface area contributed by atoms with Gasteiger partial charge in [0.05, 0.1) is 34.5 Å². The van der Waals surface area contributed by atoms with Crippen LogP contribution in [0, 0.1) is 5.92 Å². The third-order valence-corrected chi connectivity index (χ3v) is 19.1. The van der Waals surface area contributed by atoms with Crippen LogP contribution in [0.4, 0.5) is 17.1 Å². The highest BCUT2D eigenvalue weighted by molar-refractivity contribution is 6.17. The highest BCUT2D eigenvalue weighted by Gasteiger charge is 2.47. The van der Waals surface area contributed by atoms with E-state index in [4.69, 9.17) is 9.98 Å². The molecule has 6 atom stereocenters. The smallest absolute Gasteiger partial charge is 0.160 e. The number of aryl methyl sites for hydroxylation is 1. The number of aliphatic imine (C=N–C) groups is 2. The number of benzene rings is 6. The monoisotopic (exact) mass is 1070 g/mol. The molecule has 0 N–H and O–H groups in total. The molecule has 17 rings (SSSR count). The van der Waals surface area contributed by atoms with Crippen LogP contribution in [0.3, 0.4) is 0 Å². The Morgan fingerprint density at radius 2 is 1.36 bits per heavy atom. The van der Waals surface area contributed by atoms with Gasteiger partial charge < -0.3 is 18.9 Å². The Labute approximate surface area is 485 Å². The predicted molar refractivity (Wildman–Crippen MR) is 345 cm³/mol. The average Bonchev–Trinajstić information content (AvgIpc) is 3.16. The van der Waals surface area contributed by atoms with Gasteiger partial charge in [0.1, 0.15) is 0 Å². The van der Waals surface area contributed by atoms with Crippen LogP contribution in [0.5, 0.6) is 0 Å². The summed E-state index contributed by atoms with van der Waals surface area (Å²) in [6, 6.07) is 52.7. The molecule has 400 valence electrons. The van der Waals surface area contributed by atoms with Crippen LogP contribution in [-0.4, -0.2) is 38.8 Å². The largest absolute Gasteiger partial charge is 0.357 e. The molecule has 5 heterocycles. The second kappa shape index (κ2) is 19.6. The summed E-state index contributed by atoms with van der Waals surface area (Å²) < 4.78 is 5.12. The van der Waals surface area contributed by atoms with Crippen LogP contribution in [0.2, 0.25) is 0 Å². The minimum Gasteiger partial charge on any atom is -0.357 e. The molecule has 0 saturated carbocycles. The van der Waals surface area contributed by atoms with Gasteiger partial charge in [-0.15, -0.1) is 0 Å². The van der Waals surface area contributed by atoms with E-state index >= 15 is 0 Å². The van der Waals surface area contributed by atoms with Gasteiger partial charge in [-0.1, -0.05) is 170 Å². The quantitative estimate of drug-likeness (QED) is 0.112. The van der Waals surface area contributed by atoms with Crippen molar-refractivity contribution in [1.29, 1.82) is 0 Å². The van der Waals surface area contributed by atoms with Crippen molar-refractivity contribution in [1.82, 2.24) is 9.13 Å². The van der Waals surface area contributed by atoms with Crippen LogP contribution in [0.25, 0.3) is 50.9 Å². The summed E-state index contributed by atoms with van der Waals surface area (Å²) in [5.41, 5.74) is 27.2. The van der Waals surface area contributed by atoms with Crippen molar-refractivity contribution in [3.05, 3.63) is 292 Å². The molecule has 6 unspecified atom stereocenters. The lowest BCUT2D eigenvalue weighted by Crippen LogP contribution is -2.45. The maximum Gasteiger partial charge on any atom is 0.160 e. The fraction of sp³-hybridized carbons (Fsp3) is 0.182. The van der Waals surface area contributed by atoms with Gasteiger partial charge in [-0.05, 0) is 152 Å². The zero-order chi connectivity index (χ0) is 54.5. The van der Waals surface area contributed by atoms with Gasteiger partial charge in [-0.3, -0.25) is 0 Å². The van der Waals surface area contributed by atoms with E-state index in [0.29, 0.717) is 5.84 Å². The summed E-state index contributed by atoms with van der Waals surface area (Å²) >= 11 is 0. The SMILES string of the molecule is C1=CC(c2ccccc2)=NC(c2ccc(N3c4cc(C5=CCCC=C5)ccc4C4CC(N5c6ccc(-n7c8c(c9ccccc97)CCC=C8)cc6C6C=C(n7c8c(c9ccccc97)C=CCC8)C=CC65)C=CC43)cc2)=NC=1C1C=CC=CC1. The second-order valence-electron chi connectivity index (χ2n) is 23.7. The summed E-state index contributed by atoms with van der Waals surface area (Å²) in [5.74, 6) is 1.26. The van der Waals surface area contributed by atoms with Gasteiger partial charge in [0.2, 0.25) is 0 Å². The van der Waals surface area contributed by atoms with E-state index in [1.165, 1.54) is 95.0 Å². The number of nitrogens with zero attached hydrogens (tertiary/aromatic N) is 6. The molecule has 0 amide bonds. The molecule has 6 heteroatoms. The second-order valence-corrected chi connectivity index (χ2v) is 23.7. The molecule has 2 aromatic heterocycles. The molecule has 3 aliphatic heterocycles. The van der Waals surface area contributed by atoms with E-state index in [0.717, 1.165) is 73.9 Å². The van der Waals surface area contributed by atoms with Gasteiger partial charge in [-0.25, -0.2) is 9.98 Å². The average molecular weight is 1070 g/mol. The standard InChI is InChI=1S/C77H62N6/c1-4-18-50(19-5-1)54-34-40-63-64-47-56(37-43-73(64)80(76(63)46-54)55-35-32-53(33-36-55)77-78-67(51-20-6-2-7-21-51)41-42-68(79-77)52-22-8-3-9-23-52)83-74-44-38-57(81-69-28-14-10-24-59(69)60-25-11-15-29-70(60)81)48-65(74)66-49-58(39-45-75(66)83)82-71-30-16-12-26-61(71)62-27-13-17-31-72(62)82/h2-4,6-12,14,16-22,24-26,28,30-41,43-46,48-49,52,56,64-65,73-74H,1,5,13,15,23,27,29,47H2. The molecule has 0 fully saturated rings. The minimum atomic E-state index is 0.137. The Morgan fingerprint density at radius 3 is 2.23 bits per heavy atom. The first-order valence-corrected chi connectivity index (χ1v) is 30.2. The molecule has 0 saturated heterocycles. The fourth-order valence-corrected chi connectivity index (χ4v) is 15.3. The zero-order valence-corrected chi connectivity index (χ0v) is 46.4. The van der Waals surface area contributed by atoms with E-state index in [-0.39, 0.29) is 35.9 Å². The number of amidine groups is 1. The lowest BCUT2D eigenvalue weighted by molar-refractivity contribution is 0.488. The van der Waals surface area contributed by atoms with Crippen LogP contribution < -0.4 is 9.80 Å². The Morgan fingerprint density at radius 1 is 0.554 bits per heavy atom. The number of allylic oxidation sites excluding steroid dienone is 12. The van der Waals surface area contributed by atoms with Gasteiger partial charge in [-0.2, -0.15) is 0 Å². The molecular weight excluding hydrogens is 1010 g/mol. The van der Waals surface area contributed by atoms with Crippen LogP contribution in [-0.2, 0) is 12.8 Å². The Bertz CT molecular complexity index is 4470. The third kappa shape index (κ3) is 7.91. The lowest BCUT2D eigenvalue weighted by Gasteiger charge is -2.40. The van der Waals surface area contributed by atoms with Crippen LogP contribution >= 0.6 is 0 Å². The summed E-state index contributed by atoms with van der Waals surface area (Å²) in [5, 5.41) is 2.70. The molecule has 0 radical (unpaired) electrons. The lowest BCUT2D eigenvalue weighted by atomic mass is 9.82. The summed E-state index contributed by atoms with van der Waals surface area (Å²) in [6.45, 7) is 0. The normalized spacial score (nSPS) is 23.3. The van der Waals surface area contributed by atoms with Gasteiger partial charge in [0, 0.05) is 97.2 Å². The Hall–Kier alpha value is -9.48. The molecule has 0 spiro atoms. The van der Waals surface area contributed by atoms with E-state index in [2.05, 4.69) is 261 Å². The molecule has 6 aromatic carbocycles. The topological polar surface area (TPSA) is 41.1 Å². The first kappa shape index (κ1) is 48.2. The highest BCUT2D eigenvalue weighted by Crippen LogP contribution is 2.55. The van der Waals surface area contributed by atoms with E-state index in [1.54, 1.807) is 0 Å². The number of fused-ring (bicyclic) bond motifs is 12. The summed E-state index contributed by atoms with van der Waals surface area (Å²) in [6.07, 6.45) is 48.2. The minimum absolute atomic E-state index is 0.137. The number of anilines is 3. The van der Waals surface area contributed by atoms with Gasteiger partial charge in [0.25, 0.3) is 0 Å². The van der Waals surface area contributed by atoms with Crippen molar-refractivity contribution < 1.29 is 0 Å². The van der Waals surface area contributed by atoms with Crippen molar-refractivity contribution >= 4 is 73.8 Å². The molecule has 0 bridgehead atoms. The van der Waals surface area contributed by atoms with Crippen molar-refractivity contribution in [3.63, 3.8) is 0 Å². The van der Waals surface area contributed by atoms with Gasteiger partial charge in [0.15, 0.2) is 5.84 Å². The molecule has 83 heavy (non-hydrogen) atoms. The van der Waals surface area contributed by atoms with E-state index in [1.807, 2.05) is 6.08 Å². The van der Waals surface area contributed by atoms with Crippen molar-refractivity contribution in [2.75, 3.05) is 9.80 Å². The Kier molecular flexibility index (Phi) is 11.4. The number of hydrogen-bond donors (Lipinski definition) is 0. The number of para-hydroxylation sites is 2. The molecular formula is C77H62N6. The molecule has 6 nitrogen and oxygen atoms in total. The first-order valence-electron chi connectivity index (χ1n) is 30.2. The fourth-order valence-electron chi connectivity index (χ4n) is 15.3. The molecule has 8 aromatic rings.